The molecule has 1 aromatic rings. The SMILES string of the molecule is Nc1cc(C(F)F)c(CO)c(=O)[nH]1. The standard InChI is InChI=1S/C7H8F2N2O2/c8-6(9)3-1-5(10)11-7(13)4(3)2-12/h1,6,12H,2H2,(H3,10,11,13). The van der Waals surface area contributed by atoms with Crippen LogP contribution in [0.25, 0.3) is 0 Å². The fraction of sp³-hybridized carbons (Fsp3) is 0.286. The lowest BCUT2D eigenvalue weighted by molar-refractivity contribution is 0.146. The number of nitrogen functional groups attached to an aromatic ring is 1. The van der Waals surface area contributed by atoms with Crippen LogP contribution < -0.4 is 11.3 Å². The smallest absolute Gasteiger partial charge is 0.264 e. The quantitative estimate of drug-likeness (QED) is 0.631. The molecule has 0 saturated heterocycles. The van der Waals surface area contributed by atoms with Gasteiger partial charge in [-0.2, -0.15) is 0 Å². The van der Waals surface area contributed by atoms with Gasteiger partial charge in [-0.15, -0.1) is 0 Å². The van der Waals surface area contributed by atoms with E-state index in [9.17, 15) is 13.6 Å². The summed E-state index contributed by atoms with van der Waals surface area (Å²) in [6.07, 6.45) is -2.81. The van der Waals surface area contributed by atoms with Crippen molar-refractivity contribution in [2.45, 2.75) is 13.0 Å². The summed E-state index contributed by atoms with van der Waals surface area (Å²) in [5.41, 5.74) is 3.50. The first kappa shape index (κ1) is 9.66. The molecule has 1 heterocycles. The number of halogens is 2. The Morgan fingerprint density at radius 1 is 1.62 bits per heavy atom. The number of nitrogens with two attached hydrogens (primary N) is 1. The van der Waals surface area contributed by atoms with Crippen molar-refractivity contribution < 1.29 is 13.9 Å². The summed E-state index contributed by atoms with van der Waals surface area (Å²) in [4.78, 5) is 13.1. The van der Waals surface area contributed by atoms with Gasteiger partial charge in [0.15, 0.2) is 0 Å². The molecule has 0 saturated carbocycles. The highest BCUT2D eigenvalue weighted by Gasteiger charge is 2.15. The maximum atomic E-state index is 12.3. The number of nitrogens with one attached hydrogen (secondary N) is 1. The summed E-state index contributed by atoms with van der Waals surface area (Å²) < 4.78 is 24.5. The van der Waals surface area contributed by atoms with Gasteiger partial charge >= 0.3 is 0 Å². The minimum absolute atomic E-state index is 0.141. The minimum atomic E-state index is -2.81. The molecule has 0 fully saturated rings. The molecule has 0 aliphatic carbocycles. The van der Waals surface area contributed by atoms with Crippen LogP contribution in [0.2, 0.25) is 0 Å². The third-order valence-corrected chi connectivity index (χ3v) is 1.58. The second-order valence-corrected chi connectivity index (χ2v) is 2.45. The summed E-state index contributed by atoms with van der Waals surface area (Å²) >= 11 is 0. The van der Waals surface area contributed by atoms with Gasteiger partial charge in [0, 0.05) is 5.56 Å². The number of aromatic amines is 1. The molecule has 13 heavy (non-hydrogen) atoms. The molecule has 0 amide bonds. The van der Waals surface area contributed by atoms with Crippen molar-refractivity contribution in [1.29, 1.82) is 0 Å². The number of hydrogen-bond donors (Lipinski definition) is 3. The summed E-state index contributed by atoms with van der Waals surface area (Å²) in [5.74, 6) is -0.141. The summed E-state index contributed by atoms with van der Waals surface area (Å²) in [7, 11) is 0. The fourth-order valence-electron chi connectivity index (χ4n) is 0.986. The van der Waals surface area contributed by atoms with E-state index >= 15 is 0 Å². The highest BCUT2D eigenvalue weighted by molar-refractivity contribution is 5.37. The zero-order valence-corrected chi connectivity index (χ0v) is 6.55. The summed E-state index contributed by atoms with van der Waals surface area (Å²) in [6.45, 7) is -0.727. The van der Waals surface area contributed by atoms with Crippen LogP contribution in [0.15, 0.2) is 10.9 Å². The van der Waals surface area contributed by atoms with Gasteiger partial charge in [0.25, 0.3) is 12.0 Å². The first-order chi connectivity index (χ1) is 6.06. The number of anilines is 1. The lowest BCUT2D eigenvalue weighted by Gasteiger charge is -2.05. The average Bonchev–Trinajstić information content (AvgIpc) is 2.02. The second-order valence-electron chi connectivity index (χ2n) is 2.45. The first-order valence-corrected chi connectivity index (χ1v) is 3.47. The van der Waals surface area contributed by atoms with Crippen LogP contribution in [0.1, 0.15) is 17.6 Å². The van der Waals surface area contributed by atoms with Crippen molar-refractivity contribution in [3.63, 3.8) is 0 Å². The molecule has 72 valence electrons. The lowest BCUT2D eigenvalue weighted by Crippen LogP contribution is -2.17. The number of pyridine rings is 1. The van der Waals surface area contributed by atoms with Crippen LogP contribution in [0.5, 0.6) is 0 Å². The second kappa shape index (κ2) is 3.53. The Balaban J connectivity index is 3.38. The van der Waals surface area contributed by atoms with Gasteiger partial charge in [-0.1, -0.05) is 0 Å². The number of aliphatic hydroxyl groups excluding tert-OH is 1. The Bertz CT molecular complexity index is 362. The van der Waals surface area contributed by atoms with E-state index in [1.165, 1.54) is 0 Å². The third-order valence-electron chi connectivity index (χ3n) is 1.58. The van der Waals surface area contributed by atoms with Crippen molar-refractivity contribution in [3.8, 4) is 0 Å². The highest BCUT2D eigenvalue weighted by Crippen LogP contribution is 2.21. The molecule has 4 N–H and O–H groups in total. The Morgan fingerprint density at radius 3 is 2.69 bits per heavy atom. The molecule has 1 rings (SSSR count). The van der Waals surface area contributed by atoms with Gasteiger partial charge in [0.1, 0.15) is 5.82 Å². The van der Waals surface area contributed by atoms with Crippen molar-refractivity contribution in [2.75, 3.05) is 5.73 Å². The summed E-state index contributed by atoms with van der Waals surface area (Å²) in [6, 6.07) is 0.942. The molecule has 1 aromatic heterocycles. The van der Waals surface area contributed by atoms with Crippen molar-refractivity contribution in [3.05, 3.63) is 27.5 Å². The molecule has 0 unspecified atom stereocenters. The Kier molecular flexibility index (Phi) is 2.62. The number of hydrogen-bond acceptors (Lipinski definition) is 3. The molecule has 0 atom stereocenters. The number of alkyl halides is 2. The Morgan fingerprint density at radius 2 is 2.23 bits per heavy atom. The van der Waals surface area contributed by atoms with Gasteiger partial charge in [0.05, 0.1) is 12.2 Å². The van der Waals surface area contributed by atoms with E-state index in [0.717, 1.165) is 6.07 Å². The van der Waals surface area contributed by atoms with Crippen LogP contribution in [0, 0.1) is 0 Å². The van der Waals surface area contributed by atoms with E-state index in [1.807, 2.05) is 0 Å². The fourth-order valence-corrected chi connectivity index (χ4v) is 0.986. The highest BCUT2D eigenvalue weighted by atomic mass is 19.3. The predicted molar refractivity (Wildman–Crippen MR) is 42.4 cm³/mol. The largest absolute Gasteiger partial charge is 0.391 e. The van der Waals surface area contributed by atoms with E-state index in [1.54, 1.807) is 0 Å². The van der Waals surface area contributed by atoms with E-state index in [4.69, 9.17) is 10.8 Å². The Hall–Kier alpha value is -1.43. The molecule has 0 radical (unpaired) electrons. The lowest BCUT2D eigenvalue weighted by atomic mass is 10.1. The molecular weight excluding hydrogens is 182 g/mol. The number of aromatic nitrogens is 1. The van der Waals surface area contributed by atoms with E-state index in [0.29, 0.717) is 0 Å². The number of H-pyrrole nitrogens is 1. The number of rotatable bonds is 2. The van der Waals surface area contributed by atoms with E-state index in [2.05, 4.69) is 4.98 Å². The third kappa shape index (κ3) is 1.83. The van der Waals surface area contributed by atoms with Crippen LogP contribution in [-0.2, 0) is 6.61 Å². The van der Waals surface area contributed by atoms with Crippen LogP contribution in [0.3, 0.4) is 0 Å². The van der Waals surface area contributed by atoms with Crippen molar-refractivity contribution in [2.24, 2.45) is 0 Å². The molecule has 0 aliphatic heterocycles. The molecule has 6 heteroatoms. The molecule has 0 aliphatic rings. The first-order valence-electron chi connectivity index (χ1n) is 3.47. The normalized spacial score (nSPS) is 10.8. The number of aliphatic hydroxyl groups is 1. The monoisotopic (exact) mass is 190 g/mol. The van der Waals surface area contributed by atoms with E-state index in [-0.39, 0.29) is 11.4 Å². The predicted octanol–water partition coefficient (Wildman–Crippen LogP) is 0.387. The summed E-state index contributed by atoms with van der Waals surface area (Å²) in [5, 5.41) is 8.64. The van der Waals surface area contributed by atoms with Crippen LogP contribution >= 0.6 is 0 Å². The van der Waals surface area contributed by atoms with Gasteiger partial charge in [-0.3, -0.25) is 4.79 Å². The van der Waals surface area contributed by atoms with Crippen LogP contribution in [0.4, 0.5) is 14.6 Å². The van der Waals surface area contributed by atoms with E-state index < -0.39 is 24.2 Å². The topological polar surface area (TPSA) is 79.1 Å². The van der Waals surface area contributed by atoms with Gasteiger partial charge in [-0.25, -0.2) is 8.78 Å². The van der Waals surface area contributed by atoms with Gasteiger partial charge < -0.3 is 15.8 Å². The maximum Gasteiger partial charge on any atom is 0.264 e. The van der Waals surface area contributed by atoms with Crippen molar-refractivity contribution >= 4 is 5.82 Å². The zero-order valence-electron chi connectivity index (χ0n) is 6.55. The molecule has 0 bridgehead atoms. The van der Waals surface area contributed by atoms with Gasteiger partial charge in [-0.05, 0) is 6.07 Å². The zero-order chi connectivity index (χ0) is 10.0. The van der Waals surface area contributed by atoms with Gasteiger partial charge in [0.2, 0.25) is 0 Å². The van der Waals surface area contributed by atoms with Crippen molar-refractivity contribution in [1.82, 2.24) is 4.98 Å². The Labute approximate surface area is 72.0 Å². The molecule has 4 nitrogen and oxygen atoms in total. The van der Waals surface area contributed by atoms with Crippen LogP contribution in [-0.4, -0.2) is 10.1 Å². The molecular formula is C7H8F2N2O2. The molecule has 0 aromatic carbocycles. The minimum Gasteiger partial charge on any atom is -0.391 e. The average molecular weight is 190 g/mol. The maximum absolute atomic E-state index is 12.3. The molecule has 0 spiro atoms.